The quantitative estimate of drug-likeness (QED) is 0.735. The summed E-state index contributed by atoms with van der Waals surface area (Å²) < 4.78 is 5.55. The summed E-state index contributed by atoms with van der Waals surface area (Å²) in [6.45, 7) is 6.88. The molecule has 0 heterocycles. The molecule has 1 aliphatic carbocycles. The van der Waals surface area contributed by atoms with E-state index in [1.807, 2.05) is 0 Å². The number of hydrogen-bond donors (Lipinski definition) is 2. The van der Waals surface area contributed by atoms with E-state index >= 15 is 0 Å². The molecule has 116 valence electrons. The number of hydrogen-bond acceptors (Lipinski definition) is 3. The van der Waals surface area contributed by atoms with Crippen LogP contribution in [-0.2, 0) is 9.53 Å². The molecule has 5 nitrogen and oxygen atoms in total. The summed E-state index contributed by atoms with van der Waals surface area (Å²) in [6, 6.07) is 0. The number of nitrogens with one attached hydrogen (secondary N) is 1. The molecule has 1 fully saturated rings. The molecule has 1 aliphatic rings. The molecule has 1 rings (SSSR count). The standard InChI is InChI=1S/C15H27NO4/c1-10(2)12-7-6-11(3)9-13(12)20-15(19)16-8-4-5-14(17)18/h10-13H,4-9H2,1-3H3,(H,16,19)(H,17,18)/t11-,12+,13+/m1/s1. The van der Waals surface area contributed by atoms with Crippen LogP contribution in [0.25, 0.3) is 0 Å². The Bertz CT molecular complexity index is 330. The lowest BCUT2D eigenvalue weighted by molar-refractivity contribution is -0.137. The summed E-state index contributed by atoms with van der Waals surface area (Å²) in [4.78, 5) is 22.1. The van der Waals surface area contributed by atoms with Crippen molar-refractivity contribution >= 4 is 12.1 Å². The van der Waals surface area contributed by atoms with Crippen LogP contribution in [-0.4, -0.2) is 29.8 Å². The molecule has 0 unspecified atom stereocenters. The third-order valence-electron chi connectivity index (χ3n) is 4.06. The molecule has 1 saturated carbocycles. The highest BCUT2D eigenvalue weighted by molar-refractivity contribution is 5.68. The van der Waals surface area contributed by atoms with Gasteiger partial charge in [-0.2, -0.15) is 0 Å². The first-order chi connectivity index (χ1) is 9.40. The Kier molecular flexibility index (Phi) is 6.82. The second kappa shape index (κ2) is 8.12. The molecule has 1 amide bonds. The minimum Gasteiger partial charge on any atom is -0.481 e. The molecule has 20 heavy (non-hydrogen) atoms. The van der Waals surface area contributed by atoms with Crippen LogP contribution < -0.4 is 5.32 Å². The summed E-state index contributed by atoms with van der Waals surface area (Å²) in [5.74, 6) is 0.680. The highest BCUT2D eigenvalue weighted by Gasteiger charge is 2.33. The Balaban J connectivity index is 2.35. The first-order valence-electron chi connectivity index (χ1n) is 7.56. The molecule has 0 aromatic rings. The van der Waals surface area contributed by atoms with Crippen LogP contribution in [0.15, 0.2) is 0 Å². The molecule has 0 aliphatic heterocycles. The number of carbonyl (C=O) groups excluding carboxylic acids is 1. The lowest BCUT2D eigenvalue weighted by atomic mass is 9.75. The molecular formula is C15H27NO4. The number of amides is 1. The second-order valence-electron chi connectivity index (χ2n) is 6.19. The first-order valence-corrected chi connectivity index (χ1v) is 7.56. The zero-order valence-electron chi connectivity index (χ0n) is 12.7. The fourth-order valence-corrected chi connectivity index (χ4v) is 2.86. The largest absolute Gasteiger partial charge is 0.481 e. The predicted molar refractivity (Wildman–Crippen MR) is 76.5 cm³/mol. The van der Waals surface area contributed by atoms with E-state index in [0.717, 1.165) is 12.8 Å². The van der Waals surface area contributed by atoms with E-state index in [1.165, 1.54) is 6.42 Å². The molecule has 0 radical (unpaired) electrons. The minimum absolute atomic E-state index is 0.0155. The number of carbonyl (C=O) groups is 2. The van der Waals surface area contributed by atoms with Crippen molar-refractivity contribution in [1.82, 2.24) is 5.32 Å². The third kappa shape index (κ3) is 5.80. The number of ether oxygens (including phenoxy) is 1. The molecule has 0 saturated heterocycles. The van der Waals surface area contributed by atoms with E-state index in [-0.39, 0.29) is 12.5 Å². The van der Waals surface area contributed by atoms with Gasteiger partial charge in [-0.05, 0) is 37.0 Å². The summed E-state index contributed by atoms with van der Waals surface area (Å²) in [5, 5.41) is 11.2. The van der Waals surface area contributed by atoms with E-state index in [4.69, 9.17) is 9.84 Å². The summed E-state index contributed by atoms with van der Waals surface area (Å²) in [7, 11) is 0. The monoisotopic (exact) mass is 285 g/mol. The highest BCUT2D eigenvalue weighted by Crippen LogP contribution is 2.35. The smallest absolute Gasteiger partial charge is 0.407 e. The first kappa shape index (κ1) is 16.8. The van der Waals surface area contributed by atoms with Crippen molar-refractivity contribution in [2.75, 3.05) is 6.54 Å². The number of alkyl carbamates (subject to hydrolysis) is 1. The molecule has 5 heteroatoms. The van der Waals surface area contributed by atoms with Crippen LogP contribution in [0.3, 0.4) is 0 Å². The van der Waals surface area contributed by atoms with E-state index in [2.05, 4.69) is 26.1 Å². The number of carboxylic acids is 1. The van der Waals surface area contributed by atoms with Crippen LogP contribution in [0.5, 0.6) is 0 Å². The maximum Gasteiger partial charge on any atom is 0.407 e. The van der Waals surface area contributed by atoms with Crippen molar-refractivity contribution in [3.05, 3.63) is 0 Å². The van der Waals surface area contributed by atoms with Crippen molar-refractivity contribution < 1.29 is 19.4 Å². The van der Waals surface area contributed by atoms with Crippen LogP contribution >= 0.6 is 0 Å². The minimum atomic E-state index is -0.846. The van der Waals surface area contributed by atoms with Gasteiger partial charge in [0, 0.05) is 13.0 Å². The Morgan fingerprint density at radius 2 is 2.05 bits per heavy atom. The topological polar surface area (TPSA) is 75.6 Å². The lowest BCUT2D eigenvalue weighted by Crippen LogP contribution is -2.39. The van der Waals surface area contributed by atoms with Gasteiger partial charge in [0.05, 0.1) is 0 Å². The van der Waals surface area contributed by atoms with E-state index in [9.17, 15) is 9.59 Å². The van der Waals surface area contributed by atoms with Gasteiger partial charge in [-0.15, -0.1) is 0 Å². The fourth-order valence-electron chi connectivity index (χ4n) is 2.86. The van der Waals surface area contributed by atoms with Crippen molar-refractivity contribution in [3.8, 4) is 0 Å². The zero-order valence-corrected chi connectivity index (χ0v) is 12.7. The van der Waals surface area contributed by atoms with E-state index < -0.39 is 12.1 Å². The second-order valence-corrected chi connectivity index (χ2v) is 6.19. The van der Waals surface area contributed by atoms with Gasteiger partial charge in [0.25, 0.3) is 0 Å². The van der Waals surface area contributed by atoms with Crippen LogP contribution in [0.2, 0.25) is 0 Å². The Morgan fingerprint density at radius 3 is 2.65 bits per heavy atom. The number of rotatable bonds is 6. The van der Waals surface area contributed by atoms with Crippen molar-refractivity contribution in [2.45, 2.75) is 59.0 Å². The highest BCUT2D eigenvalue weighted by atomic mass is 16.6. The van der Waals surface area contributed by atoms with Crippen molar-refractivity contribution in [2.24, 2.45) is 17.8 Å². The van der Waals surface area contributed by atoms with E-state index in [1.54, 1.807) is 0 Å². The van der Waals surface area contributed by atoms with Gasteiger partial charge < -0.3 is 15.2 Å². The molecular weight excluding hydrogens is 258 g/mol. The summed E-state index contributed by atoms with van der Waals surface area (Å²) >= 11 is 0. The normalized spacial score (nSPS) is 26.3. The maximum absolute atomic E-state index is 11.8. The van der Waals surface area contributed by atoms with E-state index in [0.29, 0.717) is 30.7 Å². The molecule has 0 bridgehead atoms. The third-order valence-corrected chi connectivity index (χ3v) is 4.06. The molecule has 0 aromatic carbocycles. The van der Waals surface area contributed by atoms with Gasteiger partial charge in [0.2, 0.25) is 0 Å². The predicted octanol–water partition coefficient (Wildman–Crippen LogP) is 3.04. The molecule has 3 atom stereocenters. The van der Waals surface area contributed by atoms with Gasteiger partial charge in [0.1, 0.15) is 6.10 Å². The zero-order chi connectivity index (χ0) is 15.1. The van der Waals surface area contributed by atoms with Gasteiger partial charge in [-0.3, -0.25) is 4.79 Å². The fraction of sp³-hybridized carbons (Fsp3) is 0.867. The van der Waals surface area contributed by atoms with Crippen molar-refractivity contribution in [3.63, 3.8) is 0 Å². The average Bonchev–Trinajstić information content (AvgIpc) is 2.34. The summed E-state index contributed by atoms with van der Waals surface area (Å²) in [6.07, 6.45) is 3.29. The molecule has 0 aromatic heterocycles. The van der Waals surface area contributed by atoms with Crippen LogP contribution in [0.4, 0.5) is 4.79 Å². The lowest BCUT2D eigenvalue weighted by Gasteiger charge is -2.36. The van der Waals surface area contributed by atoms with Gasteiger partial charge in [-0.1, -0.05) is 27.2 Å². The number of aliphatic carboxylic acids is 1. The van der Waals surface area contributed by atoms with Crippen molar-refractivity contribution in [1.29, 1.82) is 0 Å². The Morgan fingerprint density at radius 1 is 1.35 bits per heavy atom. The van der Waals surface area contributed by atoms with Gasteiger partial charge in [-0.25, -0.2) is 4.79 Å². The van der Waals surface area contributed by atoms with Gasteiger partial charge >= 0.3 is 12.1 Å². The Labute approximate surface area is 121 Å². The Hall–Kier alpha value is -1.26. The maximum atomic E-state index is 11.8. The summed E-state index contributed by atoms with van der Waals surface area (Å²) in [5.41, 5.74) is 0. The SMILES string of the molecule is CC(C)[C@@H]1CC[C@@H](C)C[C@@H]1OC(=O)NCCCC(=O)O. The van der Waals surface area contributed by atoms with Crippen LogP contribution in [0.1, 0.15) is 52.9 Å². The van der Waals surface area contributed by atoms with Gasteiger partial charge in [0.15, 0.2) is 0 Å². The number of carboxylic acid groups (broad SMARTS) is 1. The van der Waals surface area contributed by atoms with Crippen LogP contribution in [0, 0.1) is 17.8 Å². The molecule has 2 N–H and O–H groups in total. The molecule has 0 spiro atoms. The average molecular weight is 285 g/mol.